The second kappa shape index (κ2) is 8.74. The van der Waals surface area contributed by atoms with Crippen LogP contribution in [0.15, 0.2) is 18.2 Å². The van der Waals surface area contributed by atoms with Crippen LogP contribution in [0.1, 0.15) is 41.8 Å². The quantitative estimate of drug-likeness (QED) is 0.563. The lowest BCUT2D eigenvalue weighted by Crippen LogP contribution is -2.11. The fourth-order valence-electron chi connectivity index (χ4n) is 1.90. The summed E-state index contributed by atoms with van der Waals surface area (Å²) in [5.41, 5.74) is 2.38. The molecular weight excluding hydrogens is 324 g/mol. The van der Waals surface area contributed by atoms with Gasteiger partial charge in [-0.2, -0.15) is 0 Å². The van der Waals surface area contributed by atoms with E-state index in [1.54, 1.807) is 26.0 Å². The van der Waals surface area contributed by atoms with E-state index < -0.39 is 0 Å². The molecule has 0 radical (unpaired) electrons. The summed E-state index contributed by atoms with van der Waals surface area (Å²) in [7, 11) is 0. The van der Waals surface area contributed by atoms with Crippen LogP contribution < -0.4 is 0 Å². The SMILES string of the molecule is CCOC(=O)CCc1cccc(C(=O)OCC)c1CBr. The average molecular weight is 343 g/mol. The second-order valence-corrected chi connectivity index (χ2v) is 4.66. The molecule has 0 aromatic heterocycles. The monoisotopic (exact) mass is 342 g/mol. The van der Waals surface area contributed by atoms with E-state index in [9.17, 15) is 9.59 Å². The van der Waals surface area contributed by atoms with Crippen LogP contribution in [0.5, 0.6) is 0 Å². The second-order valence-electron chi connectivity index (χ2n) is 4.10. The Balaban J connectivity index is 2.88. The van der Waals surface area contributed by atoms with Gasteiger partial charge >= 0.3 is 11.9 Å². The average Bonchev–Trinajstić information content (AvgIpc) is 2.45. The maximum atomic E-state index is 11.9. The van der Waals surface area contributed by atoms with Crippen molar-refractivity contribution in [1.82, 2.24) is 0 Å². The highest BCUT2D eigenvalue weighted by Crippen LogP contribution is 2.21. The van der Waals surface area contributed by atoms with E-state index in [1.807, 2.05) is 6.07 Å². The zero-order valence-corrected chi connectivity index (χ0v) is 13.4. The summed E-state index contributed by atoms with van der Waals surface area (Å²) in [6.07, 6.45) is 0.854. The number of rotatable bonds is 7. The van der Waals surface area contributed by atoms with Crippen LogP contribution in [0.2, 0.25) is 0 Å². The first-order valence-electron chi connectivity index (χ1n) is 6.63. The fourth-order valence-corrected chi connectivity index (χ4v) is 2.56. The van der Waals surface area contributed by atoms with Gasteiger partial charge in [0.15, 0.2) is 0 Å². The number of halogens is 1. The van der Waals surface area contributed by atoms with E-state index in [1.165, 1.54) is 0 Å². The summed E-state index contributed by atoms with van der Waals surface area (Å²) in [4.78, 5) is 23.3. The van der Waals surface area contributed by atoms with E-state index in [0.29, 0.717) is 36.9 Å². The molecule has 1 aromatic carbocycles. The molecular formula is C15H19BrO4. The number of ether oxygens (including phenoxy) is 2. The zero-order valence-electron chi connectivity index (χ0n) is 11.8. The molecule has 0 amide bonds. The summed E-state index contributed by atoms with van der Waals surface area (Å²) in [5, 5.41) is 0.542. The number of esters is 2. The number of alkyl halides is 1. The third kappa shape index (κ3) is 4.63. The first kappa shape index (κ1) is 16.7. The fraction of sp³-hybridized carbons (Fsp3) is 0.467. The largest absolute Gasteiger partial charge is 0.466 e. The zero-order chi connectivity index (χ0) is 15.0. The van der Waals surface area contributed by atoms with Crippen LogP contribution in [-0.2, 0) is 26.0 Å². The van der Waals surface area contributed by atoms with Crippen LogP contribution in [0, 0.1) is 0 Å². The highest BCUT2D eigenvalue weighted by atomic mass is 79.9. The van der Waals surface area contributed by atoms with Crippen LogP contribution in [0.3, 0.4) is 0 Å². The highest BCUT2D eigenvalue weighted by molar-refractivity contribution is 9.08. The Labute approximate surface area is 127 Å². The number of benzene rings is 1. The number of carbonyl (C=O) groups excluding carboxylic acids is 2. The minimum atomic E-state index is -0.333. The Hall–Kier alpha value is -1.36. The molecule has 1 aromatic rings. The normalized spacial score (nSPS) is 10.2. The van der Waals surface area contributed by atoms with E-state index in [2.05, 4.69) is 15.9 Å². The van der Waals surface area contributed by atoms with E-state index >= 15 is 0 Å². The Morgan fingerprint density at radius 1 is 1.15 bits per heavy atom. The van der Waals surface area contributed by atoms with Crippen molar-refractivity contribution in [3.05, 3.63) is 34.9 Å². The van der Waals surface area contributed by atoms with Gasteiger partial charge in [0.1, 0.15) is 0 Å². The van der Waals surface area contributed by atoms with E-state index in [4.69, 9.17) is 9.47 Å². The molecule has 0 aliphatic rings. The molecule has 4 nitrogen and oxygen atoms in total. The molecule has 0 spiro atoms. The van der Waals surface area contributed by atoms with Gasteiger partial charge in [0.2, 0.25) is 0 Å². The Bertz CT molecular complexity index is 471. The molecule has 0 saturated carbocycles. The molecule has 0 saturated heterocycles. The van der Waals surface area contributed by atoms with Gasteiger partial charge in [0.05, 0.1) is 18.8 Å². The van der Waals surface area contributed by atoms with Gasteiger partial charge in [-0.15, -0.1) is 0 Å². The summed E-state index contributed by atoms with van der Waals surface area (Å²) in [5.74, 6) is -0.561. The topological polar surface area (TPSA) is 52.6 Å². The van der Waals surface area contributed by atoms with Gasteiger partial charge in [-0.1, -0.05) is 28.1 Å². The minimum absolute atomic E-state index is 0.227. The smallest absolute Gasteiger partial charge is 0.338 e. The van der Waals surface area contributed by atoms with Gasteiger partial charge in [-0.05, 0) is 37.5 Å². The van der Waals surface area contributed by atoms with Gasteiger partial charge in [-0.25, -0.2) is 4.79 Å². The molecule has 1 rings (SSSR count). The van der Waals surface area contributed by atoms with Gasteiger partial charge in [0, 0.05) is 11.8 Å². The van der Waals surface area contributed by atoms with Gasteiger partial charge in [0.25, 0.3) is 0 Å². The Kier molecular flexibility index (Phi) is 7.30. The molecule has 20 heavy (non-hydrogen) atoms. The van der Waals surface area contributed by atoms with E-state index in [-0.39, 0.29) is 11.9 Å². The molecule has 0 heterocycles. The maximum Gasteiger partial charge on any atom is 0.338 e. The molecule has 0 bridgehead atoms. The van der Waals surface area contributed by atoms with Crippen molar-refractivity contribution >= 4 is 27.9 Å². The molecule has 0 atom stereocenters. The first-order chi connectivity index (χ1) is 9.63. The third-order valence-electron chi connectivity index (χ3n) is 2.81. The summed E-state index contributed by atoms with van der Waals surface area (Å²) >= 11 is 3.39. The lowest BCUT2D eigenvalue weighted by atomic mass is 9.99. The molecule has 5 heteroatoms. The van der Waals surface area contributed by atoms with Crippen molar-refractivity contribution in [1.29, 1.82) is 0 Å². The predicted octanol–water partition coefficient (Wildman–Crippen LogP) is 3.25. The number of carbonyl (C=O) groups is 2. The maximum absolute atomic E-state index is 11.9. The van der Waals surface area contributed by atoms with Crippen LogP contribution in [0.4, 0.5) is 0 Å². The molecule has 0 aliphatic carbocycles. The van der Waals surface area contributed by atoms with Gasteiger partial charge < -0.3 is 9.47 Å². The molecule has 0 fully saturated rings. The lowest BCUT2D eigenvalue weighted by Gasteiger charge is -2.12. The summed E-state index contributed by atoms with van der Waals surface area (Å²) in [6, 6.07) is 5.46. The number of hydrogen-bond acceptors (Lipinski definition) is 4. The Morgan fingerprint density at radius 2 is 1.85 bits per heavy atom. The number of hydrogen-bond donors (Lipinski definition) is 0. The standard InChI is InChI=1S/C15H19BrO4/c1-3-19-14(17)9-8-11-6-5-7-12(13(11)10-16)15(18)20-4-2/h5-7H,3-4,8-10H2,1-2H3. The van der Waals surface area contributed by atoms with E-state index in [0.717, 1.165) is 11.1 Å². The third-order valence-corrected chi connectivity index (χ3v) is 3.37. The minimum Gasteiger partial charge on any atom is -0.466 e. The predicted molar refractivity (Wildman–Crippen MR) is 80.0 cm³/mol. The van der Waals surface area contributed by atoms with Crippen LogP contribution >= 0.6 is 15.9 Å². The van der Waals surface area contributed by atoms with Crippen molar-refractivity contribution < 1.29 is 19.1 Å². The molecule has 0 unspecified atom stereocenters. The van der Waals surface area contributed by atoms with Crippen molar-refractivity contribution in [2.24, 2.45) is 0 Å². The van der Waals surface area contributed by atoms with Crippen molar-refractivity contribution in [2.75, 3.05) is 13.2 Å². The summed E-state index contributed by atoms with van der Waals surface area (Å²) in [6.45, 7) is 4.28. The molecule has 110 valence electrons. The van der Waals surface area contributed by atoms with Crippen molar-refractivity contribution in [3.8, 4) is 0 Å². The molecule has 0 aliphatic heterocycles. The van der Waals surface area contributed by atoms with Crippen molar-refractivity contribution in [3.63, 3.8) is 0 Å². The number of aryl methyl sites for hydroxylation is 1. The van der Waals surface area contributed by atoms with Gasteiger partial charge in [-0.3, -0.25) is 4.79 Å². The summed E-state index contributed by atoms with van der Waals surface area (Å²) < 4.78 is 9.95. The molecule has 0 N–H and O–H groups in total. The lowest BCUT2D eigenvalue weighted by molar-refractivity contribution is -0.143. The van der Waals surface area contributed by atoms with Crippen LogP contribution in [-0.4, -0.2) is 25.2 Å². The Morgan fingerprint density at radius 3 is 2.45 bits per heavy atom. The van der Waals surface area contributed by atoms with Crippen LogP contribution in [0.25, 0.3) is 0 Å². The van der Waals surface area contributed by atoms with Crippen molar-refractivity contribution in [2.45, 2.75) is 32.0 Å². The first-order valence-corrected chi connectivity index (χ1v) is 7.75. The highest BCUT2D eigenvalue weighted by Gasteiger charge is 2.15.